The monoisotopic (exact) mass is 290 g/mol. The summed E-state index contributed by atoms with van der Waals surface area (Å²) >= 11 is 0. The molecule has 0 radical (unpaired) electrons. The van der Waals surface area contributed by atoms with E-state index >= 15 is 0 Å². The predicted molar refractivity (Wildman–Crippen MR) is 77.0 cm³/mol. The van der Waals surface area contributed by atoms with Gasteiger partial charge in [-0.2, -0.15) is 0 Å². The molecule has 2 atom stereocenters. The van der Waals surface area contributed by atoms with Gasteiger partial charge in [-0.25, -0.2) is 4.79 Å². The molecule has 1 fully saturated rings. The van der Waals surface area contributed by atoms with Crippen molar-refractivity contribution in [3.05, 3.63) is 35.5 Å². The van der Waals surface area contributed by atoms with Crippen molar-refractivity contribution in [2.45, 2.75) is 30.9 Å². The lowest BCUT2D eigenvalue weighted by molar-refractivity contribution is -0.132. The number of aliphatic hydroxyl groups is 1. The third kappa shape index (κ3) is 2.26. The first-order valence-electron chi connectivity index (χ1n) is 7.04. The molecule has 21 heavy (non-hydrogen) atoms. The first kappa shape index (κ1) is 13.9. The van der Waals surface area contributed by atoms with Crippen LogP contribution >= 0.6 is 0 Å². The molecule has 2 unspecified atom stereocenters. The number of benzene rings is 1. The zero-order chi connectivity index (χ0) is 15.0. The molecule has 5 N–H and O–H groups in total. The van der Waals surface area contributed by atoms with E-state index in [0.29, 0.717) is 5.56 Å². The van der Waals surface area contributed by atoms with Gasteiger partial charge >= 0.3 is 5.97 Å². The number of aliphatic carboxylic acids is 1. The number of carboxylic acids is 1. The van der Waals surface area contributed by atoms with Crippen LogP contribution in [0.1, 0.15) is 24.8 Å². The molecule has 2 aliphatic heterocycles. The van der Waals surface area contributed by atoms with Crippen molar-refractivity contribution >= 4 is 11.7 Å². The van der Waals surface area contributed by atoms with Crippen LogP contribution in [0.15, 0.2) is 30.0 Å². The Bertz CT molecular complexity index is 608. The van der Waals surface area contributed by atoms with Gasteiger partial charge in [-0.3, -0.25) is 0 Å². The highest BCUT2D eigenvalue weighted by molar-refractivity contribution is 5.93. The molecule has 0 aliphatic carbocycles. The molecule has 2 heterocycles. The van der Waals surface area contributed by atoms with E-state index in [-0.39, 0.29) is 23.2 Å². The normalized spacial score (nSPS) is 28.2. The number of rotatable bonds is 2. The van der Waals surface area contributed by atoms with Gasteiger partial charge in [0.1, 0.15) is 17.0 Å². The van der Waals surface area contributed by atoms with Crippen molar-refractivity contribution in [3.8, 4) is 5.75 Å². The van der Waals surface area contributed by atoms with E-state index in [4.69, 9.17) is 0 Å². The van der Waals surface area contributed by atoms with Crippen LogP contribution in [-0.4, -0.2) is 33.9 Å². The van der Waals surface area contributed by atoms with Crippen molar-refractivity contribution in [1.29, 1.82) is 0 Å². The Kier molecular flexibility index (Phi) is 3.35. The smallest absolute Gasteiger partial charge is 0.352 e. The second-order valence-electron chi connectivity index (χ2n) is 5.52. The molecule has 6 heteroatoms. The fourth-order valence-electron chi connectivity index (χ4n) is 3.10. The minimum atomic E-state index is -1.45. The Labute approximate surface area is 122 Å². The fourth-order valence-corrected chi connectivity index (χ4v) is 3.10. The van der Waals surface area contributed by atoms with Gasteiger partial charge in [0.2, 0.25) is 0 Å². The summed E-state index contributed by atoms with van der Waals surface area (Å²) < 4.78 is 0. The molecule has 112 valence electrons. The van der Waals surface area contributed by atoms with Crippen molar-refractivity contribution < 1.29 is 20.1 Å². The molecule has 0 saturated carbocycles. The summed E-state index contributed by atoms with van der Waals surface area (Å²) in [6.07, 6.45) is 4.08. The van der Waals surface area contributed by atoms with Gasteiger partial charge in [-0.15, -0.1) is 0 Å². The number of carbonyl (C=O) groups is 1. The van der Waals surface area contributed by atoms with Gasteiger partial charge in [-0.1, -0.05) is 18.6 Å². The summed E-state index contributed by atoms with van der Waals surface area (Å²) in [4.78, 5) is 11.3. The van der Waals surface area contributed by atoms with Crippen molar-refractivity contribution in [2.75, 3.05) is 11.9 Å². The number of anilines is 1. The van der Waals surface area contributed by atoms with Gasteiger partial charge in [0, 0.05) is 11.6 Å². The standard InChI is InChI=1S/C15H18N2O4/c18-11-5-3-4-9-13(11)17-10(14(19)20)8-15(9,21)12-6-1-2-7-16-12/h3-5,8,12,16-18,21H,1-2,6-7H2,(H,19,20). The van der Waals surface area contributed by atoms with Crippen LogP contribution in [0.2, 0.25) is 0 Å². The maximum Gasteiger partial charge on any atom is 0.352 e. The number of phenols is 1. The van der Waals surface area contributed by atoms with Gasteiger partial charge in [-0.05, 0) is 31.5 Å². The number of hydrogen-bond acceptors (Lipinski definition) is 5. The van der Waals surface area contributed by atoms with Crippen molar-refractivity contribution in [1.82, 2.24) is 5.32 Å². The van der Waals surface area contributed by atoms with Gasteiger partial charge in [0.25, 0.3) is 0 Å². The Morgan fingerprint density at radius 1 is 1.33 bits per heavy atom. The van der Waals surface area contributed by atoms with Crippen molar-refractivity contribution in [2.24, 2.45) is 0 Å². The predicted octanol–water partition coefficient (Wildman–Crippen LogP) is 1.12. The zero-order valence-electron chi connectivity index (χ0n) is 11.5. The van der Waals surface area contributed by atoms with E-state index in [9.17, 15) is 20.1 Å². The molecule has 6 nitrogen and oxygen atoms in total. The third-order valence-corrected chi connectivity index (χ3v) is 4.17. The second-order valence-corrected chi connectivity index (χ2v) is 5.52. The number of hydrogen-bond donors (Lipinski definition) is 5. The molecule has 1 aromatic rings. The van der Waals surface area contributed by atoms with Gasteiger partial charge in [0.05, 0.1) is 5.69 Å². The summed E-state index contributed by atoms with van der Waals surface area (Å²) in [5, 5.41) is 36.3. The number of piperidine rings is 1. The highest BCUT2D eigenvalue weighted by Crippen LogP contribution is 2.43. The van der Waals surface area contributed by atoms with E-state index < -0.39 is 11.6 Å². The van der Waals surface area contributed by atoms with E-state index in [1.165, 1.54) is 12.1 Å². The number of phenolic OH excluding ortho intramolecular Hbond substituents is 1. The molecule has 0 spiro atoms. The summed E-state index contributed by atoms with van der Waals surface area (Å²) in [6.45, 7) is 0.783. The van der Waals surface area contributed by atoms with Crippen LogP contribution in [0, 0.1) is 0 Å². The first-order valence-corrected chi connectivity index (χ1v) is 7.04. The van der Waals surface area contributed by atoms with E-state index in [1.807, 2.05) is 0 Å². The Morgan fingerprint density at radius 2 is 2.14 bits per heavy atom. The Hall–Kier alpha value is -2.05. The highest BCUT2D eigenvalue weighted by Gasteiger charge is 2.43. The average Bonchev–Trinajstić information content (AvgIpc) is 2.49. The molecular weight excluding hydrogens is 272 g/mol. The second kappa shape index (κ2) is 5.05. The van der Waals surface area contributed by atoms with Crippen LogP contribution < -0.4 is 10.6 Å². The van der Waals surface area contributed by atoms with Crippen molar-refractivity contribution in [3.63, 3.8) is 0 Å². The van der Waals surface area contributed by atoms with Gasteiger partial charge in [0.15, 0.2) is 0 Å². The maximum absolute atomic E-state index is 11.3. The zero-order valence-corrected chi connectivity index (χ0v) is 11.5. The molecular formula is C15H18N2O4. The summed E-state index contributed by atoms with van der Waals surface area (Å²) in [5.41, 5.74) is -0.828. The lowest BCUT2D eigenvalue weighted by atomic mass is 9.79. The molecule has 0 bridgehead atoms. The lowest BCUT2D eigenvalue weighted by Gasteiger charge is -2.41. The van der Waals surface area contributed by atoms with Crippen LogP contribution in [0.3, 0.4) is 0 Å². The Balaban J connectivity index is 2.13. The number of fused-ring (bicyclic) bond motifs is 1. The van der Waals surface area contributed by atoms with Crippen LogP contribution in [0.25, 0.3) is 0 Å². The summed E-state index contributed by atoms with van der Waals surface area (Å²) in [5.74, 6) is -1.24. The molecule has 1 saturated heterocycles. The molecule has 0 aromatic heterocycles. The van der Waals surface area contributed by atoms with E-state index in [1.54, 1.807) is 12.1 Å². The third-order valence-electron chi connectivity index (χ3n) is 4.17. The fraction of sp³-hybridized carbons (Fsp3) is 0.400. The maximum atomic E-state index is 11.3. The van der Waals surface area contributed by atoms with Crippen LogP contribution in [0.5, 0.6) is 5.75 Å². The summed E-state index contributed by atoms with van der Waals surface area (Å²) in [7, 11) is 0. The van der Waals surface area contributed by atoms with E-state index in [0.717, 1.165) is 25.8 Å². The molecule has 0 amide bonds. The SMILES string of the molecule is O=C(O)C1=CC(O)(C2CCCCN2)c2cccc(O)c2N1. The van der Waals surface area contributed by atoms with Gasteiger partial charge < -0.3 is 26.0 Å². The van der Waals surface area contributed by atoms with Crippen LogP contribution in [-0.2, 0) is 10.4 Å². The van der Waals surface area contributed by atoms with E-state index in [2.05, 4.69) is 10.6 Å². The topological polar surface area (TPSA) is 102 Å². The first-order chi connectivity index (χ1) is 10.0. The number of aromatic hydroxyl groups is 1. The van der Waals surface area contributed by atoms with Crippen LogP contribution in [0.4, 0.5) is 5.69 Å². The molecule has 1 aromatic carbocycles. The number of nitrogens with one attached hydrogen (secondary N) is 2. The summed E-state index contributed by atoms with van der Waals surface area (Å²) in [6, 6.07) is 4.53. The quantitative estimate of drug-likeness (QED) is 0.523. The largest absolute Gasteiger partial charge is 0.506 e. The number of carboxylic acid groups (broad SMARTS) is 1. The number of para-hydroxylation sites is 1. The minimum absolute atomic E-state index is 0.0754. The lowest BCUT2D eigenvalue weighted by Crippen LogP contribution is -2.51. The highest BCUT2D eigenvalue weighted by atomic mass is 16.4. The minimum Gasteiger partial charge on any atom is -0.506 e. The Morgan fingerprint density at radius 3 is 2.81 bits per heavy atom. The molecule has 3 rings (SSSR count). The molecule has 2 aliphatic rings. The average molecular weight is 290 g/mol.